The fourth-order valence-corrected chi connectivity index (χ4v) is 2.07. The Balaban J connectivity index is 2.11. The molecule has 0 unspecified atom stereocenters. The monoisotopic (exact) mass is 392 g/mol. The van der Waals surface area contributed by atoms with Crippen LogP contribution in [0.3, 0.4) is 0 Å². The highest BCUT2D eigenvalue weighted by Crippen LogP contribution is 2.07. The molecule has 0 atom stereocenters. The van der Waals surface area contributed by atoms with Crippen LogP contribution >= 0.6 is 0 Å². The zero-order valence-corrected chi connectivity index (χ0v) is 15.8. The molecule has 0 aliphatic heterocycles. The van der Waals surface area contributed by atoms with Crippen LogP contribution in [0.4, 0.5) is 16.2 Å². The maximum absolute atomic E-state index is 12.6. The Bertz CT molecular complexity index is 920. The first-order chi connectivity index (χ1) is 14.1. The Morgan fingerprint density at radius 3 is 2.17 bits per heavy atom. The Morgan fingerprint density at radius 1 is 1.00 bits per heavy atom. The van der Waals surface area contributed by atoms with Gasteiger partial charge in [-0.1, -0.05) is 41.6 Å². The SMILES string of the molecule is CC(=N/NCCC#N)/C(=N\OC(=O)Nc1ccccc1)C(=O)Nc1ccccc1. The molecule has 2 aromatic rings. The number of hydrazone groups is 1. The van der Waals surface area contributed by atoms with E-state index in [1.54, 1.807) is 54.6 Å². The second-order valence-corrected chi connectivity index (χ2v) is 5.64. The van der Waals surface area contributed by atoms with Crippen molar-refractivity contribution < 1.29 is 14.4 Å². The molecule has 2 rings (SSSR count). The van der Waals surface area contributed by atoms with Crippen LogP contribution in [0.15, 0.2) is 70.9 Å². The van der Waals surface area contributed by atoms with E-state index in [1.165, 1.54) is 6.92 Å². The molecule has 29 heavy (non-hydrogen) atoms. The normalized spacial score (nSPS) is 11.2. The number of para-hydroxylation sites is 2. The third kappa shape index (κ3) is 7.52. The van der Waals surface area contributed by atoms with Crippen LogP contribution in [-0.2, 0) is 9.63 Å². The average Bonchev–Trinajstić information content (AvgIpc) is 2.73. The molecule has 0 radical (unpaired) electrons. The average molecular weight is 392 g/mol. The van der Waals surface area contributed by atoms with E-state index < -0.39 is 12.0 Å². The summed E-state index contributed by atoms with van der Waals surface area (Å²) in [7, 11) is 0. The maximum Gasteiger partial charge on any atom is 0.437 e. The van der Waals surface area contributed by atoms with E-state index in [0.717, 1.165) is 0 Å². The van der Waals surface area contributed by atoms with E-state index in [1.807, 2.05) is 12.1 Å². The lowest BCUT2D eigenvalue weighted by molar-refractivity contribution is -0.110. The van der Waals surface area contributed by atoms with Crippen LogP contribution < -0.4 is 16.1 Å². The molecule has 0 aliphatic carbocycles. The van der Waals surface area contributed by atoms with Gasteiger partial charge in [-0.25, -0.2) is 4.79 Å². The lowest BCUT2D eigenvalue weighted by atomic mass is 10.2. The van der Waals surface area contributed by atoms with Gasteiger partial charge in [0.1, 0.15) is 0 Å². The van der Waals surface area contributed by atoms with Crippen molar-refractivity contribution in [1.82, 2.24) is 5.43 Å². The van der Waals surface area contributed by atoms with Crippen LogP contribution in [0.25, 0.3) is 0 Å². The highest BCUT2D eigenvalue weighted by molar-refractivity contribution is 6.68. The van der Waals surface area contributed by atoms with Gasteiger partial charge in [0.05, 0.1) is 18.2 Å². The molecule has 0 aromatic heterocycles. The number of rotatable bonds is 8. The molecule has 9 heteroatoms. The minimum Gasteiger partial charge on any atom is -0.320 e. The predicted molar refractivity (Wildman–Crippen MR) is 110 cm³/mol. The maximum atomic E-state index is 12.6. The Morgan fingerprint density at radius 2 is 1.59 bits per heavy atom. The number of carbonyl (C=O) groups excluding carboxylic acids is 2. The second kappa shape index (κ2) is 11.5. The number of nitriles is 1. The van der Waals surface area contributed by atoms with Crippen LogP contribution in [0.2, 0.25) is 0 Å². The topological polar surface area (TPSA) is 128 Å². The lowest BCUT2D eigenvalue weighted by Gasteiger charge is -2.08. The Kier molecular flexibility index (Phi) is 8.38. The van der Waals surface area contributed by atoms with Gasteiger partial charge in [-0.2, -0.15) is 10.4 Å². The quantitative estimate of drug-likeness (QED) is 0.275. The minimum atomic E-state index is -0.855. The fraction of sp³-hybridized carbons (Fsp3) is 0.150. The van der Waals surface area contributed by atoms with Crippen molar-refractivity contribution in [2.24, 2.45) is 10.3 Å². The summed E-state index contributed by atoms with van der Waals surface area (Å²) in [5.41, 5.74) is 3.72. The number of hydrogen-bond acceptors (Lipinski definition) is 7. The van der Waals surface area contributed by atoms with Crippen LogP contribution in [0.5, 0.6) is 0 Å². The van der Waals surface area contributed by atoms with Gasteiger partial charge < -0.3 is 10.7 Å². The summed E-state index contributed by atoms with van der Waals surface area (Å²) in [5, 5.41) is 21.4. The number of hydrogen-bond donors (Lipinski definition) is 3. The van der Waals surface area contributed by atoms with Gasteiger partial charge in [-0.15, -0.1) is 0 Å². The van der Waals surface area contributed by atoms with Gasteiger partial charge in [0.25, 0.3) is 5.91 Å². The van der Waals surface area contributed by atoms with Crippen LogP contribution in [0.1, 0.15) is 13.3 Å². The number of nitrogens with one attached hydrogen (secondary N) is 3. The molecule has 0 fully saturated rings. The van der Waals surface area contributed by atoms with E-state index in [4.69, 9.17) is 10.1 Å². The molecule has 2 amide bonds. The summed E-state index contributed by atoms with van der Waals surface area (Å²) in [6.45, 7) is 1.83. The summed E-state index contributed by atoms with van der Waals surface area (Å²) in [6, 6.07) is 19.4. The van der Waals surface area contributed by atoms with Crippen LogP contribution in [0, 0.1) is 11.3 Å². The van der Waals surface area contributed by atoms with E-state index in [9.17, 15) is 9.59 Å². The van der Waals surface area contributed by atoms with Crippen LogP contribution in [-0.4, -0.2) is 30.0 Å². The summed E-state index contributed by atoms with van der Waals surface area (Å²) in [5.74, 6) is -0.605. The highest BCUT2D eigenvalue weighted by atomic mass is 16.7. The summed E-state index contributed by atoms with van der Waals surface area (Å²) >= 11 is 0. The van der Waals surface area contributed by atoms with Crippen molar-refractivity contribution in [3.63, 3.8) is 0 Å². The number of oxime groups is 1. The van der Waals surface area contributed by atoms with Gasteiger partial charge >= 0.3 is 6.09 Å². The third-order valence-electron chi connectivity index (χ3n) is 3.42. The smallest absolute Gasteiger partial charge is 0.320 e. The summed E-state index contributed by atoms with van der Waals surface area (Å²) in [6.07, 6.45) is -0.610. The Hall–Kier alpha value is -4.19. The zero-order valence-electron chi connectivity index (χ0n) is 15.8. The molecule has 0 heterocycles. The third-order valence-corrected chi connectivity index (χ3v) is 3.42. The van der Waals surface area contributed by atoms with Gasteiger partial charge in [-0.05, 0) is 31.2 Å². The molecule has 0 aliphatic rings. The molecule has 3 N–H and O–H groups in total. The Labute approximate surface area is 168 Å². The number of anilines is 2. The van der Waals surface area contributed by atoms with Gasteiger partial charge in [0.2, 0.25) is 0 Å². The number of carbonyl (C=O) groups is 2. The van der Waals surface area contributed by atoms with Crippen molar-refractivity contribution in [2.45, 2.75) is 13.3 Å². The summed E-state index contributed by atoms with van der Waals surface area (Å²) < 4.78 is 0. The second-order valence-electron chi connectivity index (χ2n) is 5.64. The molecule has 0 saturated carbocycles. The summed E-state index contributed by atoms with van der Waals surface area (Å²) in [4.78, 5) is 29.4. The molecular weight excluding hydrogens is 372 g/mol. The molecule has 148 valence electrons. The largest absolute Gasteiger partial charge is 0.437 e. The van der Waals surface area contributed by atoms with Crippen molar-refractivity contribution in [3.8, 4) is 6.07 Å². The minimum absolute atomic E-state index is 0.184. The number of nitrogens with zero attached hydrogens (tertiary/aromatic N) is 3. The van der Waals surface area contributed by atoms with Crippen molar-refractivity contribution >= 4 is 34.8 Å². The predicted octanol–water partition coefficient (Wildman–Crippen LogP) is 3.11. The molecule has 0 bridgehead atoms. The lowest BCUT2D eigenvalue weighted by Crippen LogP contribution is -2.31. The van der Waals surface area contributed by atoms with Crippen molar-refractivity contribution in [1.29, 1.82) is 5.26 Å². The molecule has 9 nitrogen and oxygen atoms in total. The fourth-order valence-electron chi connectivity index (χ4n) is 2.07. The van der Waals surface area contributed by atoms with Gasteiger partial charge in [0.15, 0.2) is 5.71 Å². The van der Waals surface area contributed by atoms with Crippen molar-refractivity contribution in [3.05, 3.63) is 60.7 Å². The van der Waals surface area contributed by atoms with Crippen molar-refractivity contribution in [2.75, 3.05) is 17.2 Å². The molecule has 0 spiro atoms. The number of benzene rings is 2. The van der Waals surface area contributed by atoms with E-state index in [0.29, 0.717) is 17.9 Å². The molecule has 2 aromatic carbocycles. The molecular formula is C20H20N6O3. The van der Waals surface area contributed by atoms with E-state index in [-0.39, 0.29) is 17.8 Å². The highest BCUT2D eigenvalue weighted by Gasteiger charge is 2.18. The van der Waals surface area contributed by atoms with Gasteiger partial charge in [-0.3, -0.25) is 14.9 Å². The standard InChI is InChI=1S/C20H20N6O3/c1-15(25-22-14-8-13-21)18(19(27)23-16-9-4-2-5-10-16)26-29-20(28)24-17-11-6-3-7-12-17/h2-7,9-12,22H,8,14H2,1H3,(H,23,27)(H,24,28)/b25-15-,26-18+. The first-order valence-corrected chi connectivity index (χ1v) is 8.72. The van der Waals surface area contributed by atoms with E-state index >= 15 is 0 Å². The van der Waals surface area contributed by atoms with E-state index in [2.05, 4.69) is 26.3 Å². The first kappa shape index (κ1) is 21.1. The van der Waals surface area contributed by atoms with Gasteiger partial charge in [0, 0.05) is 17.9 Å². The number of amides is 2. The molecule has 0 saturated heterocycles. The first-order valence-electron chi connectivity index (χ1n) is 8.72. The zero-order chi connectivity index (χ0) is 20.9.